The molecule has 2 fully saturated rings. The number of carboxylic acids is 1. The molecule has 0 aromatic carbocycles. The van der Waals surface area contributed by atoms with Crippen LogP contribution >= 0.6 is 0 Å². The molecule has 0 aromatic heterocycles. The zero-order valence-electron chi connectivity index (χ0n) is 10.9. The number of nitrogens with zero attached hydrogens (tertiary/aromatic N) is 2. The number of carbonyl (C=O) groups is 3. The molecule has 106 valence electrons. The Morgan fingerprint density at radius 1 is 1.26 bits per heavy atom. The van der Waals surface area contributed by atoms with Crippen LogP contribution in [0.25, 0.3) is 0 Å². The van der Waals surface area contributed by atoms with E-state index >= 15 is 0 Å². The molecule has 2 saturated heterocycles. The minimum atomic E-state index is -0.943. The fourth-order valence-electron chi connectivity index (χ4n) is 2.87. The van der Waals surface area contributed by atoms with Crippen LogP contribution in [0.15, 0.2) is 0 Å². The first-order valence-electron chi connectivity index (χ1n) is 6.41. The fourth-order valence-corrected chi connectivity index (χ4v) is 2.87. The third kappa shape index (κ3) is 2.64. The fraction of sp³-hybridized carbons (Fsp3) is 0.750. The number of fused-ring (bicyclic) bond motifs is 1. The molecule has 2 aliphatic heterocycles. The van der Waals surface area contributed by atoms with Gasteiger partial charge < -0.3 is 19.6 Å². The summed E-state index contributed by atoms with van der Waals surface area (Å²) in [4.78, 5) is 37.7. The van der Waals surface area contributed by atoms with Gasteiger partial charge in [0.1, 0.15) is 6.04 Å². The molecule has 0 saturated carbocycles. The van der Waals surface area contributed by atoms with E-state index in [1.807, 2.05) is 0 Å². The van der Waals surface area contributed by atoms with Crippen LogP contribution in [0.2, 0.25) is 0 Å². The van der Waals surface area contributed by atoms with Gasteiger partial charge in [-0.1, -0.05) is 0 Å². The molecule has 2 rings (SSSR count). The van der Waals surface area contributed by atoms with Gasteiger partial charge in [-0.05, 0) is 19.3 Å². The van der Waals surface area contributed by atoms with Gasteiger partial charge in [0.25, 0.3) is 0 Å². The van der Waals surface area contributed by atoms with E-state index in [1.54, 1.807) is 0 Å². The molecule has 0 bridgehead atoms. The summed E-state index contributed by atoms with van der Waals surface area (Å²) in [6, 6.07) is -0.789. The zero-order valence-corrected chi connectivity index (χ0v) is 10.9. The van der Waals surface area contributed by atoms with Gasteiger partial charge in [-0.3, -0.25) is 4.79 Å². The second kappa shape index (κ2) is 5.46. The van der Waals surface area contributed by atoms with Crippen LogP contribution in [0.5, 0.6) is 0 Å². The molecule has 2 atom stereocenters. The quantitative estimate of drug-likeness (QED) is 0.740. The van der Waals surface area contributed by atoms with Gasteiger partial charge >= 0.3 is 12.1 Å². The topological polar surface area (TPSA) is 87.2 Å². The highest BCUT2D eigenvalue weighted by atomic mass is 16.5. The van der Waals surface area contributed by atoms with Gasteiger partial charge in [0.05, 0.1) is 7.11 Å². The van der Waals surface area contributed by atoms with Crippen molar-refractivity contribution in [2.75, 3.05) is 20.2 Å². The molecule has 7 heteroatoms. The predicted octanol–water partition coefficient (Wildman–Crippen LogP) is 0.293. The first-order chi connectivity index (χ1) is 9.04. The van der Waals surface area contributed by atoms with Crippen LogP contribution in [0.1, 0.15) is 25.7 Å². The zero-order chi connectivity index (χ0) is 14.0. The normalized spacial score (nSPS) is 27.5. The molecule has 7 nitrogen and oxygen atoms in total. The first-order valence-corrected chi connectivity index (χ1v) is 6.41. The molecular weight excluding hydrogens is 252 g/mol. The Balaban J connectivity index is 2.09. The number of amides is 2. The summed E-state index contributed by atoms with van der Waals surface area (Å²) >= 11 is 0. The number of hydrogen-bond acceptors (Lipinski definition) is 4. The number of carbonyl (C=O) groups excluding carboxylic acids is 2. The predicted molar refractivity (Wildman–Crippen MR) is 64.5 cm³/mol. The highest BCUT2D eigenvalue weighted by molar-refractivity contribution is 5.85. The molecule has 2 unspecified atom stereocenters. The number of rotatable bonds is 1. The second-order valence-electron chi connectivity index (χ2n) is 4.88. The van der Waals surface area contributed by atoms with Crippen molar-refractivity contribution in [1.29, 1.82) is 0 Å². The molecule has 2 heterocycles. The van der Waals surface area contributed by atoms with E-state index in [2.05, 4.69) is 4.74 Å². The van der Waals surface area contributed by atoms with E-state index < -0.39 is 18.1 Å². The van der Waals surface area contributed by atoms with E-state index in [9.17, 15) is 14.4 Å². The van der Waals surface area contributed by atoms with Crippen LogP contribution in [0, 0.1) is 0 Å². The molecule has 0 radical (unpaired) electrons. The van der Waals surface area contributed by atoms with Crippen molar-refractivity contribution in [2.24, 2.45) is 0 Å². The summed E-state index contributed by atoms with van der Waals surface area (Å²) in [6.45, 7) is 0.772. The third-order valence-corrected chi connectivity index (χ3v) is 3.84. The molecule has 2 aliphatic rings. The lowest BCUT2D eigenvalue weighted by Crippen LogP contribution is -2.49. The Morgan fingerprint density at radius 3 is 2.63 bits per heavy atom. The van der Waals surface area contributed by atoms with Gasteiger partial charge in [-0.25, -0.2) is 9.59 Å². The van der Waals surface area contributed by atoms with Gasteiger partial charge in [-0.15, -0.1) is 0 Å². The SMILES string of the molecule is COC(=O)N1CCC(=O)N2C(CCC2C(=O)O)CC1. The number of ether oxygens (including phenoxy) is 1. The van der Waals surface area contributed by atoms with Crippen molar-refractivity contribution in [1.82, 2.24) is 9.80 Å². The third-order valence-electron chi connectivity index (χ3n) is 3.84. The van der Waals surface area contributed by atoms with Gasteiger partial charge in [0.15, 0.2) is 0 Å². The van der Waals surface area contributed by atoms with E-state index in [0.29, 0.717) is 25.8 Å². The summed E-state index contributed by atoms with van der Waals surface area (Å²) in [6.07, 6.45) is 1.48. The monoisotopic (exact) mass is 270 g/mol. The molecule has 2 amide bonds. The Kier molecular flexibility index (Phi) is 3.92. The van der Waals surface area contributed by atoms with Crippen LogP contribution in [0.3, 0.4) is 0 Å². The van der Waals surface area contributed by atoms with Crippen LogP contribution in [-0.4, -0.2) is 65.2 Å². The number of carboxylic acid groups (broad SMARTS) is 1. The Bertz CT molecular complexity index is 398. The van der Waals surface area contributed by atoms with Crippen LogP contribution < -0.4 is 0 Å². The largest absolute Gasteiger partial charge is 0.480 e. The lowest BCUT2D eigenvalue weighted by molar-refractivity contribution is -0.150. The lowest BCUT2D eigenvalue weighted by Gasteiger charge is -2.33. The highest BCUT2D eigenvalue weighted by Gasteiger charge is 2.41. The van der Waals surface area contributed by atoms with Gasteiger partial charge in [0, 0.05) is 25.6 Å². The highest BCUT2D eigenvalue weighted by Crippen LogP contribution is 2.29. The average Bonchev–Trinajstić information content (AvgIpc) is 2.79. The molecule has 0 spiro atoms. The van der Waals surface area contributed by atoms with Crippen LogP contribution in [0.4, 0.5) is 4.79 Å². The average molecular weight is 270 g/mol. The first kappa shape index (κ1) is 13.6. The standard InChI is InChI=1S/C12H18N2O5/c1-19-12(18)13-6-4-8-2-3-9(11(16)17)14(8)10(15)5-7-13/h8-9H,2-7H2,1H3,(H,16,17). The van der Waals surface area contributed by atoms with Crippen molar-refractivity contribution >= 4 is 18.0 Å². The Morgan fingerprint density at radius 2 is 2.00 bits per heavy atom. The maximum absolute atomic E-state index is 12.1. The van der Waals surface area contributed by atoms with E-state index in [-0.39, 0.29) is 24.9 Å². The molecule has 1 N–H and O–H groups in total. The summed E-state index contributed by atoms with van der Waals surface area (Å²) in [5.41, 5.74) is 0. The Labute approximate surface area is 111 Å². The summed E-state index contributed by atoms with van der Waals surface area (Å²) < 4.78 is 4.66. The maximum Gasteiger partial charge on any atom is 0.409 e. The maximum atomic E-state index is 12.1. The molecule has 0 aliphatic carbocycles. The van der Waals surface area contributed by atoms with Crippen molar-refractivity contribution in [3.05, 3.63) is 0 Å². The lowest BCUT2D eigenvalue weighted by atomic mass is 10.1. The number of aliphatic carboxylic acids is 1. The van der Waals surface area contributed by atoms with Crippen molar-refractivity contribution in [3.8, 4) is 0 Å². The van der Waals surface area contributed by atoms with E-state index in [1.165, 1.54) is 16.9 Å². The number of methoxy groups -OCH3 is 1. The Hall–Kier alpha value is -1.79. The van der Waals surface area contributed by atoms with E-state index in [0.717, 1.165) is 0 Å². The van der Waals surface area contributed by atoms with Crippen molar-refractivity contribution in [2.45, 2.75) is 37.8 Å². The molecule has 0 aromatic rings. The minimum Gasteiger partial charge on any atom is -0.480 e. The van der Waals surface area contributed by atoms with Crippen LogP contribution in [-0.2, 0) is 14.3 Å². The minimum absolute atomic E-state index is 0.0824. The summed E-state index contributed by atoms with van der Waals surface area (Å²) in [7, 11) is 1.31. The second-order valence-corrected chi connectivity index (χ2v) is 4.88. The van der Waals surface area contributed by atoms with Crippen molar-refractivity contribution < 1.29 is 24.2 Å². The van der Waals surface area contributed by atoms with Crippen molar-refractivity contribution in [3.63, 3.8) is 0 Å². The van der Waals surface area contributed by atoms with Gasteiger partial charge in [0.2, 0.25) is 5.91 Å². The summed E-state index contributed by atoms with van der Waals surface area (Å²) in [5.74, 6) is -1.13. The molecular formula is C12H18N2O5. The summed E-state index contributed by atoms with van der Waals surface area (Å²) in [5, 5.41) is 9.13. The smallest absolute Gasteiger partial charge is 0.409 e. The van der Waals surface area contributed by atoms with Gasteiger partial charge in [-0.2, -0.15) is 0 Å². The number of hydrogen-bond donors (Lipinski definition) is 1. The van der Waals surface area contributed by atoms with E-state index in [4.69, 9.17) is 5.11 Å². The molecule has 19 heavy (non-hydrogen) atoms.